The number of methoxy groups -OCH3 is 1. The van der Waals surface area contributed by atoms with Gasteiger partial charge in [0.2, 0.25) is 0 Å². The van der Waals surface area contributed by atoms with E-state index in [-0.39, 0.29) is 6.04 Å². The molecule has 0 spiro atoms. The zero-order valence-corrected chi connectivity index (χ0v) is 12.8. The number of nitrogens with two attached hydrogens (primary N) is 1. The third-order valence-electron chi connectivity index (χ3n) is 2.66. The van der Waals surface area contributed by atoms with E-state index in [4.69, 9.17) is 10.5 Å². The number of benzene rings is 1. The minimum atomic E-state index is -0.148. The van der Waals surface area contributed by atoms with E-state index in [2.05, 4.69) is 36.2 Å². The van der Waals surface area contributed by atoms with Gasteiger partial charge < -0.3 is 10.5 Å². The standard InChI is InChI=1S/C14H18N2OS2/c1-3-18-11-6-4-10(5-7-11)14-16-13(9-19-14)12(15)8-17-2/h4-7,9,12H,3,8,15H2,1-2H3. The lowest BCUT2D eigenvalue weighted by Gasteiger charge is -2.06. The van der Waals surface area contributed by atoms with Gasteiger partial charge in [0.05, 0.1) is 18.3 Å². The average Bonchev–Trinajstić information content (AvgIpc) is 2.90. The van der Waals surface area contributed by atoms with Crippen LogP contribution in [0.4, 0.5) is 0 Å². The Balaban J connectivity index is 2.13. The van der Waals surface area contributed by atoms with E-state index in [0.717, 1.165) is 22.0 Å². The summed E-state index contributed by atoms with van der Waals surface area (Å²) >= 11 is 3.46. The smallest absolute Gasteiger partial charge is 0.123 e. The Labute approximate surface area is 122 Å². The van der Waals surface area contributed by atoms with Crippen LogP contribution >= 0.6 is 23.1 Å². The molecule has 2 aromatic rings. The Morgan fingerprint density at radius 2 is 2.11 bits per heavy atom. The second kappa shape index (κ2) is 7.05. The molecule has 1 aromatic carbocycles. The van der Waals surface area contributed by atoms with Crippen molar-refractivity contribution < 1.29 is 4.74 Å². The molecule has 0 saturated carbocycles. The summed E-state index contributed by atoms with van der Waals surface area (Å²) in [5, 5.41) is 3.02. The fourth-order valence-electron chi connectivity index (χ4n) is 1.71. The van der Waals surface area contributed by atoms with Gasteiger partial charge >= 0.3 is 0 Å². The average molecular weight is 294 g/mol. The highest BCUT2D eigenvalue weighted by atomic mass is 32.2. The van der Waals surface area contributed by atoms with E-state index >= 15 is 0 Å². The number of thiazole rings is 1. The summed E-state index contributed by atoms with van der Waals surface area (Å²) in [7, 11) is 1.65. The monoisotopic (exact) mass is 294 g/mol. The van der Waals surface area contributed by atoms with Gasteiger partial charge in [-0.25, -0.2) is 4.98 Å². The number of hydrogen-bond acceptors (Lipinski definition) is 5. The summed E-state index contributed by atoms with van der Waals surface area (Å²) in [5.74, 6) is 1.09. The maximum atomic E-state index is 5.98. The normalized spacial score (nSPS) is 12.6. The van der Waals surface area contributed by atoms with Gasteiger partial charge in [0.25, 0.3) is 0 Å². The van der Waals surface area contributed by atoms with Crippen molar-refractivity contribution in [2.75, 3.05) is 19.5 Å². The Kier molecular flexibility index (Phi) is 5.39. The van der Waals surface area contributed by atoms with Crippen molar-refractivity contribution >= 4 is 23.1 Å². The van der Waals surface area contributed by atoms with Gasteiger partial charge in [-0.3, -0.25) is 0 Å². The number of thioether (sulfide) groups is 1. The Hall–Kier alpha value is -0.880. The van der Waals surface area contributed by atoms with Crippen molar-refractivity contribution in [2.24, 2.45) is 5.73 Å². The highest BCUT2D eigenvalue weighted by Gasteiger charge is 2.11. The number of hydrogen-bond donors (Lipinski definition) is 1. The molecule has 0 saturated heterocycles. The molecule has 1 aromatic heterocycles. The topological polar surface area (TPSA) is 48.1 Å². The highest BCUT2D eigenvalue weighted by molar-refractivity contribution is 7.99. The number of nitrogens with zero attached hydrogens (tertiary/aromatic N) is 1. The minimum absolute atomic E-state index is 0.148. The Morgan fingerprint density at radius 1 is 1.37 bits per heavy atom. The summed E-state index contributed by atoms with van der Waals surface area (Å²) in [5.41, 5.74) is 8.01. The van der Waals surface area contributed by atoms with Crippen LogP contribution in [0.3, 0.4) is 0 Å². The van der Waals surface area contributed by atoms with Crippen LogP contribution in [0.5, 0.6) is 0 Å². The molecule has 5 heteroatoms. The molecule has 0 aliphatic carbocycles. The van der Waals surface area contributed by atoms with Crippen LogP contribution in [0.2, 0.25) is 0 Å². The van der Waals surface area contributed by atoms with Gasteiger partial charge in [0.1, 0.15) is 5.01 Å². The zero-order valence-electron chi connectivity index (χ0n) is 11.1. The molecule has 102 valence electrons. The second-order valence-corrected chi connectivity index (χ2v) is 6.29. The van der Waals surface area contributed by atoms with Crippen molar-refractivity contribution in [1.82, 2.24) is 4.98 Å². The molecule has 0 amide bonds. The molecule has 19 heavy (non-hydrogen) atoms. The molecule has 0 aliphatic heterocycles. The zero-order chi connectivity index (χ0) is 13.7. The SMILES string of the molecule is CCSc1ccc(-c2nc(C(N)COC)cs2)cc1. The molecular formula is C14H18N2OS2. The third-order valence-corrected chi connectivity index (χ3v) is 4.46. The maximum absolute atomic E-state index is 5.98. The van der Waals surface area contributed by atoms with Gasteiger partial charge in [-0.15, -0.1) is 23.1 Å². The van der Waals surface area contributed by atoms with Crippen molar-refractivity contribution in [3.05, 3.63) is 35.3 Å². The van der Waals surface area contributed by atoms with E-state index in [1.54, 1.807) is 18.4 Å². The molecule has 0 aliphatic rings. The summed E-state index contributed by atoms with van der Waals surface area (Å²) in [6.45, 7) is 2.65. The molecule has 2 N–H and O–H groups in total. The predicted octanol–water partition coefficient (Wildman–Crippen LogP) is 3.57. The van der Waals surface area contributed by atoms with Crippen LogP contribution in [0, 0.1) is 0 Å². The largest absolute Gasteiger partial charge is 0.383 e. The van der Waals surface area contributed by atoms with E-state index in [1.807, 2.05) is 17.1 Å². The second-order valence-electron chi connectivity index (χ2n) is 4.10. The summed E-state index contributed by atoms with van der Waals surface area (Å²) in [6.07, 6.45) is 0. The van der Waals surface area contributed by atoms with E-state index in [0.29, 0.717) is 6.61 Å². The van der Waals surface area contributed by atoms with Gasteiger partial charge in [-0.05, 0) is 17.9 Å². The summed E-state index contributed by atoms with van der Waals surface area (Å²) in [4.78, 5) is 5.87. The number of ether oxygens (including phenoxy) is 1. The lowest BCUT2D eigenvalue weighted by Crippen LogP contribution is -2.16. The minimum Gasteiger partial charge on any atom is -0.383 e. The highest BCUT2D eigenvalue weighted by Crippen LogP contribution is 2.28. The maximum Gasteiger partial charge on any atom is 0.123 e. The Bertz CT molecular complexity index is 510. The molecule has 0 fully saturated rings. The van der Waals surface area contributed by atoms with Crippen LogP contribution in [0.1, 0.15) is 18.7 Å². The van der Waals surface area contributed by atoms with Gasteiger partial charge in [0, 0.05) is 22.9 Å². The van der Waals surface area contributed by atoms with Gasteiger partial charge in [0.15, 0.2) is 0 Å². The van der Waals surface area contributed by atoms with Gasteiger partial charge in [-0.1, -0.05) is 19.1 Å². The number of rotatable bonds is 6. The Morgan fingerprint density at radius 3 is 2.74 bits per heavy atom. The quantitative estimate of drug-likeness (QED) is 0.827. The lowest BCUT2D eigenvalue weighted by atomic mass is 10.2. The van der Waals surface area contributed by atoms with Crippen molar-refractivity contribution in [2.45, 2.75) is 17.9 Å². The number of aromatic nitrogens is 1. The van der Waals surface area contributed by atoms with E-state index < -0.39 is 0 Å². The van der Waals surface area contributed by atoms with E-state index in [1.165, 1.54) is 4.90 Å². The molecule has 1 unspecified atom stereocenters. The summed E-state index contributed by atoms with van der Waals surface area (Å²) < 4.78 is 5.05. The molecule has 1 atom stereocenters. The van der Waals surface area contributed by atoms with Crippen LogP contribution in [0.25, 0.3) is 10.6 Å². The first-order valence-corrected chi connectivity index (χ1v) is 8.04. The van der Waals surface area contributed by atoms with Gasteiger partial charge in [-0.2, -0.15) is 0 Å². The summed E-state index contributed by atoms with van der Waals surface area (Å²) in [6, 6.07) is 8.36. The van der Waals surface area contributed by atoms with Crippen LogP contribution in [0.15, 0.2) is 34.5 Å². The molecule has 0 bridgehead atoms. The molecule has 2 rings (SSSR count). The predicted molar refractivity (Wildman–Crippen MR) is 82.8 cm³/mol. The fourth-order valence-corrected chi connectivity index (χ4v) is 3.27. The first-order valence-electron chi connectivity index (χ1n) is 6.17. The van der Waals surface area contributed by atoms with Crippen molar-refractivity contribution in [1.29, 1.82) is 0 Å². The van der Waals surface area contributed by atoms with Crippen LogP contribution in [-0.4, -0.2) is 24.5 Å². The third kappa shape index (κ3) is 3.79. The molecular weight excluding hydrogens is 276 g/mol. The van der Waals surface area contributed by atoms with Crippen LogP contribution < -0.4 is 5.73 Å². The first-order chi connectivity index (χ1) is 9.24. The van der Waals surface area contributed by atoms with Crippen molar-refractivity contribution in [3.63, 3.8) is 0 Å². The van der Waals surface area contributed by atoms with Crippen molar-refractivity contribution in [3.8, 4) is 10.6 Å². The van der Waals surface area contributed by atoms with Crippen LogP contribution in [-0.2, 0) is 4.74 Å². The lowest BCUT2D eigenvalue weighted by molar-refractivity contribution is 0.180. The molecule has 3 nitrogen and oxygen atoms in total. The van der Waals surface area contributed by atoms with E-state index in [9.17, 15) is 0 Å². The molecule has 0 radical (unpaired) electrons. The molecule has 1 heterocycles. The fraction of sp³-hybridized carbons (Fsp3) is 0.357. The first kappa shape index (κ1) is 14.5.